The van der Waals surface area contributed by atoms with Crippen LogP contribution < -0.4 is 10.5 Å². The van der Waals surface area contributed by atoms with Gasteiger partial charge in [-0.3, -0.25) is 4.68 Å². The third-order valence-corrected chi connectivity index (χ3v) is 6.81. The number of nitrogen functional groups attached to an aromatic ring is 1. The number of nitrogens with two attached hydrogens (primary N) is 1. The van der Waals surface area contributed by atoms with E-state index >= 15 is 0 Å². The summed E-state index contributed by atoms with van der Waals surface area (Å²) in [6, 6.07) is 0. The Kier molecular flexibility index (Phi) is 3.59. The minimum atomic E-state index is -3.90. The monoisotopic (exact) mass is 322 g/mol. The zero-order chi connectivity index (χ0) is 15.2. The van der Waals surface area contributed by atoms with Crippen LogP contribution in [-0.2, 0) is 26.4 Å². The lowest BCUT2D eigenvalue weighted by atomic mass is 10.0. The summed E-state index contributed by atoms with van der Waals surface area (Å²) in [5, 5.41) is 3.88. The van der Waals surface area contributed by atoms with E-state index in [9.17, 15) is 16.8 Å². The summed E-state index contributed by atoms with van der Waals surface area (Å²) in [6.07, 6.45) is 1.58. The molecule has 0 radical (unpaired) electrons. The first-order chi connectivity index (χ1) is 9.07. The normalized spacial score (nSPS) is 25.9. The molecule has 2 rings (SSSR count). The molecular formula is C10H18N4O4S2. The van der Waals surface area contributed by atoms with Gasteiger partial charge in [-0.1, -0.05) is 0 Å². The van der Waals surface area contributed by atoms with Gasteiger partial charge in [-0.05, 0) is 20.3 Å². The maximum Gasteiger partial charge on any atom is 0.246 e. The second-order valence-electron chi connectivity index (χ2n) is 5.24. The molecule has 1 unspecified atom stereocenters. The minimum absolute atomic E-state index is 0.0181. The maximum absolute atomic E-state index is 12.3. The molecule has 1 aromatic heterocycles. The highest BCUT2D eigenvalue weighted by molar-refractivity contribution is 7.92. The van der Waals surface area contributed by atoms with Crippen LogP contribution in [0.1, 0.15) is 20.3 Å². The molecule has 3 N–H and O–H groups in total. The van der Waals surface area contributed by atoms with E-state index in [4.69, 9.17) is 5.73 Å². The fraction of sp³-hybridized carbons (Fsp3) is 0.700. The van der Waals surface area contributed by atoms with Gasteiger partial charge in [0.25, 0.3) is 0 Å². The highest BCUT2D eigenvalue weighted by Gasteiger charge is 2.42. The zero-order valence-corrected chi connectivity index (χ0v) is 13.0. The van der Waals surface area contributed by atoms with Crippen LogP contribution in [0.2, 0.25) is 0 Å². The molecule has 0 amide bonds. The fourth-order valence-corrected chi connectivity index (χ4v) is 5.95. The van der Waals surface area contributed by atoms with Crippen molar-refractivity contribution in [1.29, 1.82) is 0 Å². The lowest BCUT2D eigenvalue weighted by Crippen LogP contribution is -2.46. The Labute approximate surface area is 118 Å². The largest absolute Gasteiger partial charge is 0.381 e. The van der Waals surface area contributed by atoms with E-state index < -0.39 is 25.4 Å². The highest BCUT2D eigenvalue weighted by Crippen LogP contribution is 2.26. The van der Waals surface area contributed by atoms with Crippen LogP contribution >= 0.6 is 0 Å². The lowest BCUT2D eigenvalue weighted by molar-refractivity contribution is 0.462. The molecule has 0 bridgehead atoms. The molecule has 1 fully saturated rings. The number of sulfone groups is 1. The van der Waals surface area contributed by atoms with Crippen LogP contribution in [0, 0.1) is 0 Å². The molecule has 10 heteroatoms. The van der Waals surface area contributed by atoms with Gasteiger partial charge < -0.3 is 5.73 Å². The number of sulfonamides is 1. The summed E-state index contributed by atoms with van der Waals surface area (Å²) in [6.45, 7) is 3.88. The average Bonchev–Trinajstić information content (AvgIpc) is 2.79. The molecule has 1 aliphatic heterocycles. The standard InChI is InChI=1S/C10H18N4O4S2/c1-3-14-6-8(9(11)12-14)20(17,18)13-10(2)4-5-19(15,16)7-10/h6,13H,3-5,7H2,1-2H3,(H2,11,12). The van der Waals surface area contributed by atoms with E-state index in [2.05, 4.69) is 9.82 Å². The summed E-state index contributed by atoms with van der Waals surface area (Å²) in [5.41, 5.74) is 4.60. The topological polar surface area (TPSA) is 124 Å². The van der Waals surface area contributed by atoms with Gasteiger partial charge in [0.05, 0.1) is 11.5 Å². The molecule has 0 aromatic carbocycles. The number of aryl methyl sites for hydroxylation is 1. The number of hydrogen-bond donors (Lipinski definition) is 2. The predicted octanol–water partition coefficient (Wildman–Crippen LogP) is -0.659. The summed E-state index contributed by atoms with van der Waals surface area (Å²) >= 11 is 0. The molecular weight excluding hydrogens is 304 g/mol. The van der Waals surface area contributed by atoms with Crippen molar-refractivity contribution in [3.63, 3.8) is 0 Å². The number of nitrogens with one attached hydrogen (secondary N) is 1. The Bertz CT molecular complexity index is 722. The van der Waals surface area contributed by atoms with Gasteiger partial charge in [0.1, 0.15) is 4.90 Å². The first-order valence-corrected chi connectivity index (χ1v) is 9.45. The maximum atomic E-state index is 12.3. The Morgan fingerprint density at radius 3 is 2.65 bits per heavy atom. The molecule has 2 heterocycles. The number of rotatable bonds is 4. The van der Waals surface area contributed by atoms with Crippen LogP contribution in [0.5, 0.6) is 0 Å². The Morgan fingerprint density at radius 2 is 2.20 bits per heavy atom. The lowest BCUT2D eigenvalue weighted by Gasteiger charge is -2.23. The van der Waals surface area contributed by atoms with Gasteiger partial charge in [-0.2, -0.15) is 5.10 Å². The number of anilines is 1. The fourth-order valence-electron chi connectivity index (χ4n) is 2.26. The quantitative estimate of drug-likeness (QED) is 0.758. The van der Waals surface area contributed by atoms with Crippen LogP contribution in [0.25, 0.3) is 0 Å². The molecule has 8 nitrogen and oxygen atoms in total. The summed E-state index contributed by atoms with van der Waals surface area (Å²) in [4.78, 5) is -0.120. The second-order valence-corrected chi connectivity index (χ2v) is 9.08. The average molecular weight is 322 g/mol. The van der Waals surface area contributed by atoms with Crippen molar-refractivity contribution in [3.8, 4) is 0 Å². The number of hydrogen-bond acceptors (Lipinski definition) is 6. The van der Waals surface area contributed by atoms with Crippen molar-refractivity contribution in [3.05, 3.63) is 6.20 Å². The van der Waals surface area contributed by atoms with E-state index in [-0.39, 0.29) is 28.6 Å². The second kappa shape index (κ2) is 4.71. The van der Waals surface area contributed by atoms with Crippen LogP contribution in [0.15, 0.2) is 11.1 Å². The molecule has 1 aliphatic rings. The summed E-state index contributed by atoms with van der Waals surface area (Å²) in [5.74, 6) is -0.319. The van der Waals surface area contributed by atoms with E-state index in [0.717, 1.165) is 0 Å². The van der Waals surface area contributed by atoms with Gasteiger partial charge in [-0.25, -0.2) is 21.6 Å². The van der Waals surface area contributed by atoms with Crippen molar-refractivity contribution < 1.29 is 16.8 Å². The van der Waals surface area contributed by atoms with Crippen LogP contribution in [0.3, 0.4) is 0 Å². The van der Waals surface area contributed by atoms with Crippen molar-refractivity contribution >= 4 is 25.7 Å². The third-order valence-electron chi connectivity index (χ3n) is 3.25. The van der Waals surface area contributed by atoms with Gasteiger partial charge in [-0.15, -0.1) is 0 Å². The van der Waals surface area contributed by atoms with E-state index in [1.54, 1.807) is 13.8 Å². The van der Waals surface area contributed by atoms with Gasteiger partial charge in [0.2, 0.25) is 10.0 Å². The van der Waals surface area contributed by atoms with Crippen molar-refractivity contribution in [2.75, 3.05) is 17.2 Å². The number of aromatic nitrogens is 2. The molecule has 114 valence electrons. The smallest absolute Gasteiger partial charge is 0.246 e. The predicted molar refractivity (Wildman–Crippen MR) is 74.3 cm³/mol. The Balaban J connectivity index is 2.30. The van der Waals surface area contributed by atoms with Crippen molar-refractivity contribution in [2.24, 2.45) is 0 Å². The molecule has 1 atom stereocenters. The Hall–Kier alpha value is -1.13. The van der Waals surface area contributed by atoms with Crippen molar-refractivity contribution in [2.45, 2.75) is 37.2 Å². The van der Waals surface area contributed by atoms with Crippen LogP contribution in [0.4, 0.5) is 5.82 Å². The molecule has 0 spiro atoms. The molecule has 1 aromatic rings. The minimum Gasteiger partial charge on any atom is -0.381 e. The molecule has 0 saturated carbocycles. The zero-order valence-electron chi connectivity index (χ0n) is 11.3. The van der Waals surface area contributed by atoms with Gasteiger partial charge >= 0.3 is 0 Å². The van der Waals surface area contributed by atoms with Gasteiger partial charge in [0.15, 0.2) is 15.7 Å². The highest BCUT2D eigenvalue weighted by atomic mass is 32.2. The number of nitrogens with zero attached hydrogens (tertiary/aromatic N) is 2. The molecule has 20 heavy (non-hydrogen) atoms. The van der Waals surface area contributed by atoms with Gasteiger partial charge in [0, 0.05) is 18.3 Å². The van der Waals surface area contributed by atoms with Crippen LogP contribution in [-0.4, -0.2) is 43.7 Å². The first-order valence-electron chi connectivity index (χ1n) is 6.14. The summed E-state index contributed by atoms with van der Waals surface area (Å²) in [7, 11) is -7.09. The van der Waals surface area contributed by atoms with E-state index in [1.807, 2.05) is 0 Å². The third kappa shape index (κ3) is 2.96. The molecule has 0 aliphatic carbocycles. The SMILES string of the molecule is CCn1cc(S(=O)(=O)NC2(C)CCS(=O)(=O)C2)c(N)n1. The Morgan fingerprint density at radius 1 is 1.55 bits per heavy atom. The van der Waals surface area contributed by atoms with E-state index in [1.165, 1.54) is 10.9 Å². The first kappa shape index (κ1) is 15.3. The summed E-state index contributed by atoms with van der Waals surface area (Å²) < 4.78 is 51.5. The van der Waals surface area contributed by atoms with E-state index in [0.29, 0.717) is 6.54 Å². The molecule has 1 saturated heterocycles. The van der Waals surface area contributed by atoms with Crippen molar-refractivity contribution in [1.82, 2.24) is 14.5 Å².